The Kier molecular flexibility index (Phi) is 3.71. The van der Waals surface area contributed by atoms with Gasteiger partial charge in [-0.1, -0.05) is 12.1 Å². The van der Waals surface area contributed by atoms with Crippen LogP contribution in [-0.2, 0) is 0 Å². The first-order valence-corrected chi connectivity index (χ1v) is 5.99. The lowest BCUT2D eigenvalue weighted by Crippen LogP contribution is -2.14. The van der Waals surface area contributed by atoms with Gasteiger partial charge in [-0.15, -0.1) is 0 Å². The van der Waals surface area contributed by atoms with Crippen LogP contribution in [0.2, 0.25) is 0 Å². The van der Waals surface area contributed by atoms with Crippen LogP contribution in [0, 0.1) is 6.92 Å². The largest absolute Gasteiger partial charge is 0.508 e. The summed E-state index contributed by atoms with van der Waals surface area (Å²) in [5.74, 6) is 0.00450. The summed E-state index contributed by atoms with van der Waals surface area (Å²) in [5.41, 5.74) is 2.86. The van der Waals surface area contributed by atoms with Crippen molar-refractivity contribution in [1.82, 2.24) is 0 Å². The summed E-state index contributed by atoms with van der Waals surface area (Å²) in [6, 6.07) is 12.1. The second-order valence-corrected chi connectivity index (χ2v) is 4.25. The number of rotatable bonds is 3. The van der Waals surface area contributed by atoms with Crippen LogP contribution in [0.15, 0.2) is 42.5 Å². The molecule has 0 heterocycles. The predicted octanol–water partition coefficient (Wildman–Crippen LogP) is 2.99. The number of hydrogen-bond acceptors (Lipinski definition) is 3. The molecule has 0 spiro atoms. The molecule has 0 aromatic heterocycles. The van der Waals surface area contributed by atoms with E-state index in [1.54, 1.807) is 31.3 Å². The van der Waals surface area contributed by atoms with Crippen molar-refractivity contribution in [2.24, 2.45) is 0 Å². The highest BCUT2D eigenvalue weighted by molar-refractivity contribution is 6.08. The maximum atomic E-state index is 12.2. The Morgan fingerprint density at radius 3 is 2.53 bits per heavy atom. The van der Waals surface area contributed by atoms with Gasteiger partial charge in [0.25, 0.3) is 5.91 Å². The minimum absolute atomic E-state index is 0.182. The Morgan fingerprint density at radius 1 is 1.11 bits per heavy atom. The zero-order valence-corrected chi connectivity index (χ0v) is 10.9. The molecular formula is C15H16N2O2. The molecule has 0 atom stereocenters. The fourth-order valence-corrected chi connectivity index (χ4v) is 1.88. The number of hydrogen-bond donors (Lipinski definition) is 3. The lowest BCUT2D eigenvalue weighted by atomic mass is 10.1. The molecule has 0 saturated heterocycles. The van der Waals surface area contributed by atoms with Gasteiger partial charge in [-0.25, -0.2) is 0 Å². The standard InChI is InChI=1S/C15H16N2O2/c1-10-9-11(18)7-8-13(10)17-15(19)12-5-3-4-6-14(12)16-2/h3-9,16,18H,1-2H3,(H,17,19). The van der Waals surface area contributed by atoms with E-state index in [2.05, 4.69) is 10.6 Å². The molecule has 0 fully saturated rings. The maximum Gasteiger partial charge on any atom is 0.257 e. The van der Waals surface area contributed by atoms with Gasteiger partial charge in [0.05, 0.1) is 5.56 Å². The summed E-state index contributed by atoms with van der Waals surface area (Å²) in [7, 11) is 1.78. The predicted molar refractivity (Wildman–Crippen MR) is 76.8 cm³/mol. The van der Waals surface area contributed by atoms with Gasteiger partial charge in [-0.3, -0.25) is 4.79 Å². The van der Waals surface area contributed by atoms with E-state index in [1.807, 2.05) is 25.1 Å². The molecule has 3 N–H and O–H groups in total. The van der Waals surface area contributed by atoms with Crippen LogP contribution in [0.1, 0.15) is 15.9 Å². The van der Waals surface area contributed by atoms with Crippen LogP contribution in [0.3, 0.4) is 0 Å². The maximum absolute atomic E-state index is 12.2. The first-order chi connectivity index (χ1) is 9.11. The Bertz CT molecular complexity index is 609. The Hall–Kier alpha value is -2.49. The molecule has 4 heteroatoms. The highest BCUT2D eigenvalue weighted by Crippen LogP contribution is 2.22. The van der Waals surface area contributed by atoms with Crippen LogP contribution in [0.5, 0.6) is 5.75 Å². The van der Waals surface area contributed by atoms with E-state index in [4.69, 9.17) is 0 Å². The van der Waals surface area contributed by atoms with E-state index >= 15 is 0 Å². The van der Waals surface area contributed by atoms with Crippen molar-refractivity contribution in [2.75, 3.05) is 17.7 Å². The van der Waals surface area contributed by atoms with E-state index in [0.717, 1.165) is 11.3 Å². The molecule has 0 unspecified atom stereocenters. The number of benzene rings is 2. The molecule has 0 aliphatic carbocycles. The topological polar surface area (TPSA) is 61.4 Å². The summed E-state index contributed by atoms with van der Waals surface area (Å²) in [6.45, 7) is 1.83. The number of carbonyl (C=O) groups is 1. The van der Waals surface area contributed by atoms with Crippen LogP contribution < -0.4 is 10.6 Å². The molecule has 2 rings (SSSR count). The van der Waals surface area contributed by atoms with Gasteiger partial charge in [0.1, 0.15) is 5.75 Å². The number of para-hydroxylation sites is 1. The minimum atomic E-state index is -0.182. The van der Waals surface area contributed by atoms with Crippen LogP contribution >= 0.6 is 0 Å². The van der Waals surface area contributed by atoms with Crippen molar-refractivity contribution < 1.29 is 9.90 Å². The lowest BCUT2D eigenvalue weighted by Gasteiger charge is -2.11. The third kappa shape index (κ3) is 2.85. The monoisotopic (exact) mass is 256 g/mol. The van der Waals surface area contributed by atoms with Crippen molar-refractivity contribution in [3.05, 3.63) is 53.6 Å². The molecule has 0 radical (unpaired) electrons. The molecule has 2 aromatic rings. The van der Waals surface area contributed by atoms with Gasteiger partial charge in [0.15, 0.2) is 0 Å². The molecular weight excluding hydrogens is 240 g/mol. The first kappa shape index (κ1) is 13.0. The molecule has 1 amide bonds. The van der Waals surface area contributed by atoms with Crippen molar-refractivity contribution in [1.29, 1.82) is 0 Å². The van der Waals surface area contributed by atoms with Crippen LogP contribution in [0.4, 0.5) is 11.4 Å². The summed E-state index contributed by atoms with van der Waals surface area (Å²) < 4.78 is 0. The number of carbonyl (C=O) groups excluding carboxylic acids is 1. The van der Waals surface area contributed by atoms with Crippen LogP contribution in [0.25, 0.3) is 0 Å². The van der Waals surface area contributed by atoms with Gasteiger partial charge in [0.2, 0.25) is 0 Å². The van der Waals surface area contributed by atoms with E-state index in [-0.39, 0.29) is 11.7 Å². The molecule has 4 nitrogen and oxygen atoms in total. The third-order valence-electron chi connectivity index (χ3n) is 2.90. The van der Waals surface area contributed by atoms with Crippen molar-refractivity contribution in [3.8, 4) is 5.75 Å². The number of aryl methyl sites for hydroxylation is 1. The van der Waals surface area contributed by atoms with Crippen molar-refractivity contribution in [2.45, 2.75) is 6.92 Å². The second-order valence-electron chi connectivity index (χ2n) is 4.25. The lowest BCUT2D eigenvalue weighted by molar-refractivity contribution is 0.102. The second kappa shape index (κ2) is 5.44. The average molecular weight is 256 g/mol. The Balaban J connectivity index is 2.26. The number of phenolic OH excluding ortho intramolecular Hbond substituents is 1. The SMILES string of the molecule is CNc1ccccc1C(=O)Nc1ccc(O)cc1C. The highest BCUT2D eigenvalue weighted by atomic mass is 16.3. The zero-order chi connectivity index (χ0) is 13.8. The molecule has 0 saturated carbocycles. The Labute approximate surface area is 112 Å². The van der Waals surface area contributed by atoms with E-state index < -0.39 is 0 Å². The minimum Gasteiger partial charge on any atom is -0.508 e. The van der Waals surface area contributed by atoms with Gasteiger partial charge in [-0.05, 0) is 42.8 Å². The molecule has 2 aromatic carbocycles. The Morgan fingerprint density at radius 2 is 1.84 bits per heavy atom. The summed E-state index contributed by atoms with van der Waals surface area (Å²) in [5, 5.41) is 15.2. The van der Waals surface area contributed by atoms with E-state index in [1.165, 1.54) is 0 Å². The molecule has 19 heavy (non-hydrogen) atoms. The van der Waals surface area contributed by atoms with Gasteiger partial charge in [0, 0.05) is 18.4 Å². The number of amides is 1. The zero-order valence-electron chi connectivity index (χ0n) is 10.9. The number of anilines is 2. The summed E-state index contributed by atoms with van der Waals surface area (Å²) in [4.78, 5) is 12.2. The van der Waals surface area contributed by atoms with E-state index in [0.29, 0.717) is 11.3 Å². The van der Waals surface area contributed by atoms with Crippen LogP contribution in [-0.4, -0.2) is 18.1 Å². The number of nitrogens with one attached hydrogen (secondary N) is 2. The van der Waals surface area contributed by atoms with Crippen molar-refractivity contribution >= 4 is 17.3 Å². The van der Waals surface area contributed by atoms with E-state index in [9.17, 15) is 9.90 Å². The first-order valence-electron chi connectivity index (χ1n) is 5.99. The molecule has 98 valence electrons. The number of phenols is 1. The number of aromatic hydroxyl groups is 1. The average Bonchev–Trinajstić information content (AvgIpc) is 2.41. The third-order valence-corrected chi connectivity index (χ3v) is 2.90. The molecule has 0 bridgehead atoms. The normalized spacial score (nSPS) is 10.0. The van der Waals surface area contributed by atoms with Gasteiger partial charge in [-0.2, -0.15) is 0 Å². The highest BCUT2D eigenvalue weighted by Gasteiger charge is 2.11. The van der Waals surface area contributed by atoms with Gasteiger partial charge < -0.3 is 15.7 Å². The fourth-order valence-electron chi connectivity index (χ4n) is 1.88. The smallest absolute Gasteiger partial charge is 0.257 e. The summed E-state index contributed by atoms with van der Waals surface area (Å²) >= 11 is 0. The van der Waals surface area contributed by atoms with Gasteiger partial charge >= 0.3 is 0 Å². The summed E-state index contributed by atoms with van der Waals surface area (Å²) in [6.07, 6.45) is 0. The fraction of sp³-hybridized carbons (Fsp3) is 0.133. The quantitative estimate of drug-likeness (QED) is 0.740. The molecule has 0 aliphatic heterocycles. The van der Waals surface area contributed by atoms with Crippen molar-refractivity contribution in [3.63, 3.8) is 0 Å². The molecule has 0 aliphatic rings.